The maximum absolute atomic E-state index is 13.0. The van der Waals surface area contributed by atoms with Crippen LogP contribution in [-0.4, -0.2) is 51.1 Å². The maximum Gasteiger partial charge on any atom is 0.182 e. The number of methoxy groups -OCH3 is 3. The molecule has 0 fully saturated rings. The molecule has 29 heavy (non-hydrogen) atoms. The fraction of sp³-hybridized carbons (Fsp3) is 0.333. The van der Waals surface area contributed by atoms with E-state index in [9.17, 15) is 4.79 Å². The van der Waals surface area contributed by atoms with Crippen LogP contribution in [0.2, 0.25) is 0 Å². The van der Waals surface area contributed by atoms with Crippen molar-refractivity contribution in [1.82, 2.24) is 0 Å². The van der Waals surface area contributed by atoms with Crippen molar-refractivity contribution in [3.63, 3.8) is 0 Å². The molecule has 0 amide bonds. The first-order valence-corrected chi connectivity index (χ1v) is 9.99. The van der Waals surface area contributed by atoms with Gasteiger partial charge in [-0.2, -0.15) is 0 Å². The largest absolute Gasteiger partial charge is 0.497 e. The maximum atomic E-state index is 13.0. The highest BCUT2D eigenvalue weighted by Gasteiger charge is 2.24. The Morgan fingerprint density at radius 3 is 2.31 bits per heavy atom. The van der Waals surface area contributed by atoms with Gasteiger partial charge in [0.05, 0.1) is 33.6 Å². The summed E-state index contributed by atoms with van der Waals surface area (Å²) in [6.45, 7) is 0.906. The Bertz CT molecular complexity index is 858. The fourth-order valence-corrected chi connectivity index (χ4v) is 3.84. The lowest BCUT2D eigenvalue weighted by Crippen LogP contribution is -2.36. The summed E-state index contributed by atoms with van der Waals surface area (Å²) in [4.78, 5) is 19.6. The van der Waals surface area contributed by atoms with Crippen LogP contribution in [0.5, 0.6) is 17.2 Å². The molecule has 0 atom stereocenters. The Balaban J connectivity index is 0.00000300. The first-order valence-electron chi connectivity index (χ1n) is 9.00. The van der Waals surface area contributed by atoms with Crippen LogP contribution < -0.4 is 19.1 Å². The normalized spacial score (nSPS) is 13.0. The van der Waals surface area contributed by atoms with E-state index in [1.54, 1.807) is 57.4 Å². The molecule has 6 nitrogen and oxygen atoms in total. The van der Waals surface area contributed by atoms with Gasteiger partial charge in [0.25, 0.3) is 0 Å². The number of nitrogens with zero attached hydrogens (tertiary/aromatic N) is 2. The molecule has 3 rings (SSSR count). The number of aliphatic imine (C=N–C) groups is 1. The minimum Gasteiger partial charge on any atom is -0.497 e. The van der Waals surface area contributed by atoms with Crippen molar-refractivity contribution in [1.29, 1.82) is 0 Å². The van der Waals surface area contributed by atoms with E-state index in [0.717, 1.165) is 35.3 Å². The summed E-state index contributed by atoms with van der Waals surface area (Å²) in [5, 5.41) is 0.819. The molecule has 156 valence electrons. The van der Waals surface area contributed by atoms with Crippen LogP contribution in [-0.2, 0) is 0 Å². The number of carbonyl (C=O) groups excluding carboxylic acids is 1. The number of halogens is 1. The van der Waals surface area contributed by atoms with Gasteiger partial charge >= 0.3 is 0 Å². The SMILES string of the molecule is Br.COc1ccc(C(=O)CN(C2=NCCCS2)c2cc(OC)ccc2OC)cc1. The zero-order valence-electron chi connectivity index (χ0n) is 16.7. The molecule has 0 bridgehead atoms. The number of thioether (sulfide) groups is 1. The number of hydrogen-bond donors (Lipinski definition) is 0. The van der Waals surface area contributed by atoms with Gasteiger partial charge in [-0.3, -0.25) is 9.79 Å². The Morgan fingerprint density at radius 2 is 1.72 bits per heavy atom. The Labute approximate surface area is 186 Å². The molecule has 0 saturated carbocycles. The molecule has 0 unspecified atom stereocenters. The summed E-state index contributed by atoms with van der Waals surface area (Å²) >= 11 is 1.65. The van der Waals surface area contributed by atoms with Crippen LogP contribution in [0.15, 0.2) is 47.5 Å². The first-order chi connectivity index (χ1) is 13.7. The quantitative estimate of drug-likeness (QED) is 0.544. The second-order valence-corrected chi connectivity index (χ2v) is 7.20. The smallest absolute Gasteiger partial charge is 0.182 e. The third kappa shape index (κ3) is 5.67. The molecular formula is C21H25BrN2O4S. The number of benzene rings is 2. The number of carbonyl (C=O) groups is 1. The number of ether oxygens (including phenoxy) is 3. The fourth-order valence-electron chi connectivity index (χ4n) is 2.89. The van der Waals surface area contributed by atoms with E-state index in [2.05, 4.69) is 4.99 Å². The average molecular weight is 481 g/mol. The van der Waals surface area contributed by atoms with Crippen LogP contribution >= 0.6 is 28.7 Å². The number of Topliss-reactive ketones (excluding diaryl/α,β-unsaturated/α-hetero) is 1. The Kier molecular flexibility index (Phi) is 8.85. The zero-order valence-corrected chi connectivity index (χ0v) is 19.2. The highest BCUT2D eigenvalue weighted by atomic mass is 79.9. The lowest BCUT2D eigenvalue weighted by atomic mass is 10.1. The van der Waals surface area contributed by atoms with E-state index >= 15 is 0 Å². The van der Waals surface area contributed by atoms with Gasteiger partial charge in [0.2, 0.25) is 0 Å². The molecule has 0 N–H and O–H groups in total. The first kappa shape index (κ1) is 23.1. The molecule has 8 heteroatoms. The van der Waals surface area contributed by atoms with Crippen LogP contribution in [0.4, 0.5) is 5.69 Å². The predicted molar refractivity (Wildman–Crippen MR) is 124 cm³/mol. The van der Waals surface area contributed by atoms with Gasteiger partial charge < -0.3 is 19.1 Å². The summed E-state index contributed by atoms with van der Waals surface area (Å²) in [5.41, 5.74) is 1.38. The van der Waals surface area contributed by atoms with Crippen LogP contribution in [0, 0.1) is 0 Å². The van der Waals surface area contributed by atoms with Crippen molar-refractivity contribution in [3.05, 3.63) is 48.0 Å². The van der Waals surface area contributed by atoms with Crippen LogP contribution in [0.25, 0.3) is 0 Å². The highest BCUT2D eigenvalue weighted by Crippen LogP contribution is 2.35. The van der Waals surface area contributed by atoms with Crippen molar-refractivity contribution in [3.8, 4) is 17.2 Å². The van der Waals surface area contributed by atoms with Gasteiger partial charge in [-0.25, -0.2) is 0 Å². The van der Waals surface area contributed by atoms with Crippen molar-refractivity contribution < 1.29 is 19.0 Å². The Morgan fingerprint density at radius 1 is 1.03 bits per heavy atom. The van der Waals surface area contributed by atoms with Crippen LogP contribution in [0.3, 0.4) is 0 Å². The molecule has 1 aliphatic rings. The van der Waals surface area contributed by atoms with Gasteiger partial charge in [0, 0.05) is 23.9 Å². The Hall–Kier alpha value is -2.19. The zero-order chi connectivity index (χ0) is 19.9. The predicted octanol–water partition coefficient (Wildman–Crippen LogP) is 4.47. The van der Waals surface area contributed by atoms with Gasteiger partial charge in [0.1, 0.15) is 17.2 Å². The van der Waals surface area contributed by atoms with Gasteiger partial charge in [-0.05, 0) is 42.8 Å². The number of hydrogen-bond acceptors (Lipinski definition) is 7. The lowest BCUT2D eigenvalue weighted by Gasteiger charge is -2.28. The summed E-state index contributed by atoms with van der Waals surface area (Å²) in [7, 11) is 4.84. The second-order valence-electron chi connectivity index (χ2n) is 6.14. The van der Waals surface area contributed by atoms with Crippen LogP contribution in [0.1, 0.15) is 16.8 Å². The minimum absolute atomic E-state index is 0. The number of rotatable bonds is 7. The molecule has 1 aliphatic heterocycles. The highest BCUT2D eigenvalue weighted by molar-refractivity contribution is 8.93. The minimum atomic E-state index is -0.0126. The number of amidine groups is 1. The van der Waals surface area contributed by atoms with E-state index in [0.29, 0.717) is 17.1 Å². The van der Waals surface area contributed by atoms with Crippen molar-refractivity contribution in [2.45, 2.75) is 6.42 Å². The van der Waals surface area contributed by atoms with Gasteiger partial charge in [0.15, 0.2) is 11.0 Å². The standard InChI is InChI=1S/C21H24N2O4S.BrH/c1-25-16-7-5-15(6-8-16)19(24)14-23(21-22-11-4-12-28-21)18-13-17(26-2)9-10-20(18)27-3;/h5-10,13H,4,11-12,14H2,1-3H3;1H. The van der Waals surface area contributed by atoms with E-state index in [4.69, 9.17) is 14.2 Å². The molecule has 2 aromatic rings. The molecule has 2 aromatic carbocycles. The third-order valence-corrected chi connectivity index (χ3v) is 5.50. The summed E-state index contributed by atoms with van der Waals surface area (Å²) < 4.78 is 16.1. The molecular weight excluding hydrogens is 456 g/mol. The molecule has 0 aliphatic carbocycles. The summed E-state index contributed by atoms with van der Waals surface area (Å²) in [6.07, 6.45) is 1.03. The summed E-state index contributed by atoms with van der Waals surface area (Å²) in [6, 6.07) is 12.7. The topological polar surface area (TPSA) is 60.4 Å². The van der Waals surface area contributed by atoms with E-state index in [1.807, 2.05) is 23.1 Å². The average Bonchev–Trinajstić information content (AvgIpc) is 2.77. The second kappa shape index (κ2) is 11.1. The van der Waals surface area contributed by atoms with E-state index in [1.165, 1.54) is 0 Å². The number of anilines is 1. The van der Waals surface area contributed by atoms with Crippen molar-refractivity contribution in [2.24, 2.45) is 4.99 Å². The molecule has 0 radical (unpaired) electrons. The van der Waals surface area contributed by atoms with E-state index in [-0.39, 0.29) is 29.3 Å². The molecule has 1 heterocycles. The van der Waals surface area contributed by atoms with E-state index < -0.39 is 0 Å². The third-order valence-electron chi connectivity index (χ3n) is 4.40. The molecule has 0 saturated heterocycles. The molecule has 0 aromatic heterocycles. The monoisotopic (exact) mass is 480 g/mol. The van der Waals surface area contributed by atoms with Gasteiger partial charge in [-0.15, -0.1) is 17.0 Å². The van der Waals surface area contributed by atoms with Gasteiger partial charge in [-0.1, -0.05) is 11.8 Å². The molecule has 0 spiro atoms. The van der Waals surface area contributed by atoms with Crippen molar-refractivity contribution >= 4 is 45.4 Å². The summed E-state index contributed by atoms with van der Waals surface area (Å²) in [5.74, 6) is 3.03. The lowest BCUT2D eigenvalue weighted by molar-refractivity contribution is 0.100. The number of ketones is 1. The van der Waals surface area contributed by atoms with Crippen molar-refractivity contribution in [2.75, 3.05) is 45.1 Å².